The summed E-state index contributed by atoms with van der Waals surface area (Å²) in [5.41, 5.74) is 7.80. The second kappa shape index (κ2) is 12.6. The average molecular weight is 535 g/mol. The predicted octanol–water partition coefficient (Wildman–Crippen LogP) is 6.97. The van der Waals surface area contributed by atoms with Crippen LogP contribution in [-0.4, -0.2) is 29.1 Å². The molecule has 1 saturated carbocycles. The van der Waals surface area contributed by atoms with Gasteiger partial charge < -0.3 is 10.1 Å². The lowest BCUT2D eigenvalue weighted by Crippen LogP contribution is -2.28. The summed E-state index contributed by atoms with van der Waals surface area (Å²) in [6.07, 6.45) is 5.14. The maximum atomic E-state index is 13.3. The molecule has 7 heteroatoms. The number of rotatable bonds is 10. The Balaban J connectivity index is 1.31. The van der Waals surface area contributed by atoms with Gasteiger partial charge in [0.1, 0.15) is 5.75 Å². The summed E-state index contributed by atoms with van der Waals surface area (Å²) in [5, 5.41) is 8.08. The van der Waals surface area contributed by atoms with Crippen molar-refractivity contribution < 1.29 is 14.3 Å². The van der Waals surface area contributed by atoms with Crippen molar-refractivity contribution in [3.63, 3.8) is 0 Å². The lowest BCUT2D eigenvalue weighted by Gasteiger charge is -2.24. The highest BCUT2D eigenvalue weighted by Gasteiger charge is 2.25. The van der Waals surface area contributed by atoms with Gasteiger partial charge in [-0.2, -0.15) is 5.10 Å². The molecule has 2 amide bonds. The monoisotopic (exact) mass is 534 g/mol. The molecule has 0 spiro atoms. The Morgan fingerprint density at radius 2 is 1.75 bits per heavy atom. The minimum atomic E-state index is -0.317. The van der Waals surface area contributed by atoms with Crippen molar-refractivity contribution in [2.24, 2.45) is 11.0 Å². The van der Waals surface area contributed by atoms with Crippen LogP contribution >= 0.6 is 0 Å². The molecule has 204 valence electrons. The van der Waals surface area contributed by atoms with E-state index in [1.807, 2.05) is 79.7 Å². The first-order valence-corrected chi connectivity index (χ1v) is 13.9. The number of ether oxygens (including phenoxy) is 1. The number of amides is 2. The van der Waals surface area contributed by atoms with Gasteiger partial charge in [-0.1, -0.05) is 50.1 Å². The highest BCUT2D eigenvalue weighted by Crippen LogP contribution is 2.28. The molecule has 1 aliphatic carbocycles. The van der Waals surface area contributed by atoms with Gasteiger partial charge in [0.05, 0.1) is 29.1 Å². The summed E-state index contributed by atoms with van der Waals surface area (Å²) in [7, 11) is 0. The number of hydrazone groups is 1. The highest BCUT2D eigenvalue weighted by molar-refractivity contribution is 6.08. The van der Waals surface area contributed by atoms with Crippen molar-refractivity contribution in [3.8, 4) is 17.0 Å². The minimum Gasteiger partial charge on any atom is -0.494 e. The summed E-state index contributed by atoms with van der Waals surface area (Å²) in [6.45, 7) is 4.66. The zero-order chi connectivity index (χ0) is 27.9. The quantitative estimate of drug-likeness (QED) is 0.130. The maximum Gasteiger partial charge on any atom is 0.272 e. The number of hydrogen-bond donors (Lipinski definition) is 2. The third-order valence-electron chi connectivity index (χ3n) is 7.25. The Hall–Kier alpha value is -4.52. The number of para-hydroxylation sites is 1. The van der Waals surface area contributed by atoms with E-state index in [-0.39, 0.29) is 17.7 Å². The number of hydrogen-bond acceptors (Lipinski definition) is 5. The van der Waals surface area contributed by atoms with Gasteiger partial charge >= 0.3 is 0 Å². The van der Waals surface area contributed by atoms with Crippen LogP contribution in [0.3, 0.4) is 0 Å². The van der Waals surface area contributed by atoms with Crippen molar-refractivity contribution in [1.82, 2.24) is 10.4 Å². The molecule has 1 heterocycles. The zero-order valence-corrected chi connectivity index (χ0v) is 22.9. The number of nitrogens with one attached hydrogen (secondary N) is 2. The van der Waals surface area contributed by atoms with Gasteiger partial charge in [-0.05, 0) is 80.3 Å². The van der Waals surface area contributed by atoms with Crippen LogP contribution in [0.5, 0.6) is 5.75 Å². The number of anilines is 1. The summed E-state index contributed by atoms with van der Waals surface area (Å²) in [6, 6.07) is 24.7. The normalized spacial score (nSPS) is 13.5. The molecule has 3 aromatic carbocycles. The van der Waals surface area contributed by atoms with Crippen LogP contribution in [0.15, 0.2) is 84.0 Å². The topological polar surface area (TPSA) is 92.7 Å². The summed E-state index contributed by atoms with van der Waals surface area (Å²) in [5.74, 6) is 0.710. The molecule has 1 fully saturated rings. The van der Waals surface area contributed by atoms with E-state index in [4.69, 9.17) is 9.72 Å². The summed E-state index contributed by atoms with van der Waals surface area (Å²) >= 11 is 0. The number of carbonyl (C=O) groups is 2. The van der Waals surface area contributed by atoms with Crippen LogP contribution in [0.2, 0.25) is 0 Å². The van der Waals surface area contributed by atoms with E-state index in [9.17, 15) is 9.59 Å². The van der Waals surface area contributed by atoms with Gasteiger partial charge in [0, 0.05) is 22.6 Å². The molecular formula is C33H34N4O3. The molecule has 4 aromatic rings. The molecule has 5 rings (SSSR count). The Labute approximate surface area is 234 Å². The average Bonchev–Trinajstić information content (AvgIpc) is 2.95. The smallest absolute Gasteiger partial charge is 0.272 e. The standard InChI is InChI=1S/C33H34N4O3/c1-3-4-20-40-27-18-14-24(15-19-27)31-21-29(28-10-5-6-11-30(28)35-31)33(39)37-36-22(2)23-12-16-26(17-13-23)34-32(38)25-8-7-9-25/h5-6,10-19,21,25H,3-4,7-9,20H2,1-2H3,(H,34,38)(H,37,39)/b36-22+. The van der Waals surface area contributed by atoms with E-state index in [2.05, 4.69) is 22.8 Å². The molecule has 0 radical (unpaired) electrons. The molecule has 0 bridgehead atoms. The molecule has 0 atom stereocenters. The number of aromatic nitrogens is 1. The number of unbranched alkanes of at least 4 members (excludes halogenated alkanes) is 1. The molecule has 0 aliphatic heterocycles. The number of nitrogens with zero attached hydrogens (tertiary/aromatic N) is 2. The van der Waals surface area contributed by atoms with Crippen molar-refractivity contribution in [2.45, 2.75) is 46.0 Å². The first-order valence-electron chi connectivity index (χ1n) is 13.9. The van der Waals surface area contributed by atoms with Crippen LogP contribution in [0.1, 0.15) is 61.9 Å². The van der Waals surface area contributed by atoms with E-state index < -0.39 is 0 Å². The Bertz CT molecular complexity index is 1520. The largest absolute Gasteiger partial charge is 0.494 e. The van der Waals surface area contributed by atoms with Crippen LogP contribution in [0.4, 0.5) is 5.69 Å². The lowest BCUT2D eigenvalue weighted by molar-refractivity contribution is -0.122. The molecular weight excluding hydrogens is 500 g/mol. The molecule has 1 aliphatic rings. The second-order valence-electron chi connectivity index (χ2n) is 10.1. The number of fused-ring (bicyclic) bond motifs is 1. The Morgan fingerprint density at radius 3 is 2.45 bits per heavy atom. The highest BCUT2D eigenvalue weighted by atomic mass is 16.5. The maximum absolute atomic E-state index is 13.3. The van der Waals surface area contributed by atoms with Gasteiger partial charge in [-0.15, -0.1) is 0 Å². The predicted molar refractivity (Wildman–Crippen MR) is 160 cm³/mol. The first kappa shape index (κ1) is 27.1. The van der Waals surface area contributed by atoms with E-state index in [1.54, 1.807) is 6.07 Å². The number of pyridine rings is 1. The van der Waals surface area contributed by atoms with Crippen LogP contribution in [0.25, 0.3) is 22.2 Å². The zero-order valence-electron chi connectivity index (χ0n) is 22.9. The first-order chi connectivity index (χ1) is 19.5. The third kappa shape index (κ3) is 6.37. The van der Waals surface area contributed by atoms with Crippen LogP contribution < -0.4 is 15.5 Å². The molecule has 1 aromatic heterocycles. The van der Waals surface area contributed by atoms with Gasteiger partial charge in [0.15, 0.2) is 0 Å². The number of benzene rings is 3. The van der Waals surface area contributed by atoms with Crippen molar-refractivity contribution in [1.29, 1.82) is 0 Å². The molecule has 2 N–H and O–H groups in total. The molecule has 40 heavy (non-hydrogen) atoms. The Kier molecular flexibility index (Phi) is 8.50. The number of carbonyl (C=O) groups excluding carboxylic acids is 2. The van der Waals surface area contributed by atoms with Crippen LogP contribution in [0, 0.1) is 5.92 Å². The van der Waals surface area contributed by atoms with Gasteiger partial charge in [-0.3, -0.25) is 9.59 Å². The summed E-state index contributed by atoms with van der Waals surface area (Å²) in [4.78, 5) is 30.3. The van der Waals surface area contributed by atoms with E-state index in [0.29, 0.717) is 23.6 Å². The molecule has 7 nitrogen and oxygen atoms in total. The second-order valence-corrected chi connectivity index (χ2v) is 10.1. The lowest BCUT2D eigenvalue weighted by atomic mass is 9.85. The molecule has 0 saturated heterocycles. The fourth-order valence-corrected chi connectivity index (χ4v) is 4.54. The third-order valence-corrected chi connectivity index (χ3v) is 7.25. The summed E-state index contributed by atoms with van der Waals surface area (Å²) < 4.78 is 5.78. The van der Waals surface area contributed by atoms with Crippen molar-refractivity contribution in [3.05, 3.63) is 90.0 Å². The minimum absolute atomic E-state index is 0.0804. The van der Waals surface area contributed by atoms with E-state index in [1.165, 1.54) is 0 Å². The fraction of sp³-hybridized carbons (Fsp3) is 0.273. The Morgan fingerprint density at radius 1 is 1.00 bits per heavy atom. The van der Waals surface area contributed by atoms with Crippen molar-refractivity contribution >= 4 is 34.1 Å². The van der Waals surface area contributed by atoms with Gasteiger partial charge in [0.2, 0.25) is 5.91 Å². The van der Waals surface area contributed by atoms with Gasteiger partial charge in [0.25, 0.3) is 5.91 Å². The van der Waals surface area contributed by atoms with Crippen LogP contribution in [-0.2, 0) is 4.79 Å². The van der Waals surface area contributed by atoms with Gasteiger partial charge in [-0.25, -0.2) is 10.4 Å². The molecule has 0 unspecified atom stereocenters. The van der Waals surface area contributed by atoms with E-state index >= 15 is 0 Å². The van der Waals surface area contributed by atoms with Crippen molar-refractivity contribution in [2.75, 3.05) is 11.9 Å². The van der Waals surface area contributed by atoms with E-state index in [0.717, 1.165) is 65.6 Å². The SMILES string of the molecule is CCCCOc1ccc(-c2cc(C(=O)N/N=C(\C)c3ccc(NC(=O)C4CCC4)cc3)c3ccccc3n2)cc1. The fourth-order valence-electron chi connectivity index (χ4n) is 4.54.